The van der Waals surface area contributed by atoms with Crippen molar-refractivity contribution in [1.82, 2.24) is 4.57 Å². The standard InChI is InChI=1S/C33H22FN2O/c1-19-17-18-20-9-7-16-27-29(20)28(19)32-33(37-27)31(23-11-4-5-14-25(23)35(32)2)36-26-15-6-3-10-21(26)22-12-8-13-24(34)30(22)36/h3-18H,1-2H3/q+1. The Labute approximate surface area is 212 Å². The second-order valence-electron chi connectivity index (χ2n) is 9.80. The summed E-state index contributed by atoms with van der Waals surface area (Å²) in [6, 6.07) is 32.3. The highest BCUT2D eigenvalue weighted by Gasteiger charge is 2.35. The van der Waals surface area contributed by atoms with E-state index < -0.39 is 0 Å². The molecule has 0 N–H and O–H groups in total. The number of aromatic nitrogens is 2. The van der Waals surface area contributed by atoms with Crippen LogP contribution in [0.3, 0.4) is 0 Å². The maximum absolute atomic E-state index is 15.7. The lowest BCUT2D eigenvalue weighted by Crippen LogP contribution is -2.34. The number of pyridine rings is 1. The van der Waals surface area contributed by atoms with E-state index in [4.69, 9.17) is 4.74 Å². The van der Waals surface area contributed by atoms with Gasteiger partial charge in [0.25, 0.3) is 5.69 Å². The van der Waals surface area contributed by atoms with E-state index >= 15 is 4.39 Å². The van der Waals surface area contributed by atoms with E-state index in [9.17, 15) is 0 Å². The van der Waals surface area contributed by atoms with E-state index in [0.717, 1.165) is 66.4 Å². The average molecular weight is 482 g/mol. The van der Waals surface area contributed by atoms with E-state index in [-0.39, 0.29) is 5.82 Å². The van der Waals surface area contributed by atoms with Crippen LogP contribution in [0, 0.1) is 12.7 Å². The van der Waals surface area contributed by atoms with E-state index in [0.29, 0.717) is 5.52 Å². The van der Waals surface area contributed by atoms with Gasteiger partial charge in [0.15, 0.2) is 0 Å². The van der Waals surface area contributed by atoms with E-state index in [1.165, 1.54) is 11.6 Å². The quantitative estimate of drug-likeness (QED) is 0.216. The Balaban J connectivity index is 1.66. The number of halogens is 1. The van der Waals surface area contributed by atoms with Gasteiger partial charge >= 0.3 is 0 Å². The molecule has 1 aliphatic rings. The molecule has 1 aliphatic heterocycles. The Morgan fingerprint density at radius 1 is 0.757 bits per heavy atom. The largest absolute Gasteiger partial charge is 0.447 e. The number of hydrogen-bond acceptors (Lipinski definition) is 1. The smallest absolute Gasteiger partial charge is 0.259 e. The third kappa shape index (κ3) is 2.57. The van der Waals surface area contributed by atoms with Gasteiger partial charge in [-0.2, -0.15) is 4.57 Å². The van der Waals surface area contributed by atoms with E-state index in [1.807, 2.05) is 36.4 Å². The molecule has 0 amide bonds. The summed E-state index contributed by atoms with van der Waals surface area (Å²) in [7, 11) is 2.09. The number of benzene rings is 5. The Morgan fingerprint density at radius 3 is 2.41 bits per heavy atom. The second-order valence-corrected chi connectivity index (χ2v) is 9.80. The SMILES string of the molecule is Cc1ccc2cccc3c2c1-c1c(c(-n2c4ccccc4c4cccc(F)c42)c2ccccc2[n+]1C)O3. The van der Waals surface area contributed by atoms with Gasteiger partial charge in [-0.3, -0.25) is 0 Å². The molecule has 0 fully saturated rings. The summed E-state index contributed by atoms with van der Waals surface area (Å²) >= 11 is 0. The molecule has 0 spiro atoms. The van der Waals surface area contributed by atoms with Crippen molar-refractivity contribution < 1.29 is 13.7 Å². The Morgan fingerprint density at radius 2 is 1.51 bits per heavy atom. The van der Waals surface area contributed by atoms with Crippen molar-refractivity contribution in [1.29, 1.82) is 0 Å². The minimum atomic E-state index is -0.255. The summed E-state index contributed by atoms with van der Waals surface area (Å²) in [5.74, 6) is 1.30. The number of aryl methyl sites for hydroxylation is 2. The van der Waals surface area contributed by atoms with Gasteiger partial charge in [-0.25, -0.2) is 4.39 Å². The lowest BCUT2D eigenvalue weighted by Gasteiger charge is -2.24. The average Bonchev–Trinajstić information content (AvgIpc) is 3.26. The fourth-order valence-electron chi connectivity index (χ4n) is 6.23. The first-order chi connectivity index (χ1) is 18.1. The molecule has 3 nitrogen and oxygen atoms in total. The molecule has 4 heteroatoms. The summed E-state index contributed by atoms with van der Waals surface area (Å²) in [6.45, 7) is 2.15. The summed E-state index contributed by atoms with van der Waals surface area (Å²) < 4.78 is 26.8. The molecule has 0 aliphatic carbocycles. The van der Waals surface area contributed by atoms with E-state index in [2.05, 4.69) is 71.6 Å². The molecule has 8 rings (SSSR count). The molecule has 5 aromatic carbocycles. The van der Waals surface area contributed by atoms with Crippen molar-refractivity contribution in [2.45, 2.75) is 6.92 Å². The monoisotopic (exact) mass is 481 g/mol. The van der Waals surface area contributed by atoms with Crippen LogP contribution in [0.2, 0.25) is 0 Å². The first-order valence-corrected chi connectivity index (χ1v) is 12.5. The zero-order valence-corrected chi connectivity index (χ0v) is 20.4. The number of hydrogen-bond donors (Lipinski definition) is 0. The fourth-order valence-corrected chi connectivity index (χ4v) is 6.23. The molecule has 37 heavy (non-hydrogen) atoms. The normalized spacial score (nSPS) is 12.4. The molecule has 3 heterocycles. The summed E-state index contributed by atoms with van der Waals surface area (Å²) in [6.07, 6.45) is 0. The Kier molecular flexibility index (Phi) is 3.97. The molecular formula is C33H22FN2O+. The van der Waals surface area contributed by atoms with Gasteiger partial charge in [-0.1, -0.05) is 66.7 Å². The Bertz CT molecular complexity index is 2100. The molecule has 0 unspecified atom stereocenters. The molecule has 0 bridgehead atoms. The third-order valence-corrected chi connectivity index (χ3v) is 7.82. The molecule has 0 saturated carbocycles. The first kappa shape index (κ1) is 20.5. The minimum Gasteiger partial charge on any atom is -0.447 e. The van der Waals surface area contributed by atoms with Crippen LogP contribution in [0.15, 0.2) is 97.1 Å². The summed E-state index contributed by atoms with van der Waals surface area (Å²) in [5.41, 5.74) is 6.74. The van der Waals surface area contributed by atoms with Gasteiger partial charge in [-0.15, -0.1) is 0 Å². The van der Waals surface area contributed by atoms with Crippen LogP contribution in [0.25, 0.3) is 60.4 Å². The van der Waals surface area contributed by atoms with Crippen molar-refractivity contribution in [2.24, 2.45) is 7.05 Å². The van der Waals surface area contributed by atoms with Crippen LogP contribution < -0.4 is 9.30 Å². The van der Waals surface area contributed by atoms with Crippen molar-refractivity contribution in [3.8, 4) is 28.4 Å². The van der Waals surface area contributed by atoms with Crippen LogP contribution in [0.1, 0.15) is 5.56 Å². The molecular weight excluding hydrogens is 459 g/mol. The first-order valence-electron chi connectivity index (χ1n) is 12.5. The predicted octanol–water partition coefficient (Wildman–Crippen LogP) is 8.13. The predicted molar refractivity (Wildman–Crippen MR) is 147 cm³/mol. The molecule has 0 atom stereocenters. The van der Waals surface area contributed by atoms with Crippen molar-refractivity contribution >= 4 is 43.5 Å². The zero-order valence-electron chi connectivity index (χ0n) is 20.4. The number of fused-ring (bicyclic) bond motifs is 6. The maximum Gasteiger partial charge on any atom is 0.259 e. The van der Waals surface area contributed by atoms with Crippen molar-refractivity contribution in [3.63, 3.8) is 0 Å². The topological polar surface area (TPSA) is 18.0 Å². The van der Waals surface area contributed by atoms with Gasteiger partial charge in [0.2, 0.25) is 11.3 Å². The molecule has 0 saturated heterocycles. The fraction of sp³-hybridized carbons (Fsp3) is 0.0606. The van der Waals surface area contributed by atoms with Crippen molar-refractivity contribution in [3.05, 3.63) is 108 Å². The molecule has 176 valence electrons. The van der Waals surface area contributed by atoms with Crippen LogP contribution in [0.4, 0.5) is 4.39 Å². The van der Waals surface area contributed by atoms with Gasteiger partial charge in [0, 0.05) is 22.2 Å². The highest BCUT2D eigenvalue weighted by Crippen LogP contribution is 2.51. The molecule has 0 radical (unpaired) electrons. The van der Waals surface area contributed by atoms with Gasteiger partial charge in [0.1, 0.15) is 24.3 Å². The van der Waals surface area contributed by atoms with Crippen LogP contribution in [-0.2, 0) is 7.05 Å². The highest BCUT2D eigenvalue weighted by molar-refractivity contribution is 6.12. The highest BCUT2D eigenvalue weighted by atomic mass is 19.1. The van der Waals surface area contributed by atoms with Crippen LogP contribution in [0.5, 0.6) is 11.5 Å². The number of para-hydroxylation sites is 3. The zero-order chi connectivity index (χ0) is 24.8. The number of rotatable bonds is 1. The lowest BCUT2D eigenvalue weighted by molar-refractivity contribution is -0.633. The summed E-state index contributed by atoms with van der Waals surface area (Å²) in [4.78, 5) is 0. The molecule has 2 aromatic heterocycles. The van der Waals surface area contributed by atoms with Crippen LogP contribution in [-0.4, -0.2) is 4.57 Å². The summed E-state index contributed by atoms with van der Waals surface area (Å²) in [5, 5.41) is 5.15. The van der Waals surface area contributed by atoms with Gasteiger partial charge in [0.05, 0.1) is 22.0 Å². The van der Waals surface area contributed by atoms with Gasteiger partial charge < -0.3 is 9.30 Å². The number of nitrogens with zero attached hydrogens (tertiary/aromatic N) is 2. The lowest BCUT2D eigenvalue weighted by atomic mass is 9.92. The minimum absolute atomic E-state index is 0.255. The van der Waals surface area contributed by atoms with Crippen LogP contribution >= 0.6 is 0 Å². The second kappa shape index (κ2) is 7.17. The number of ether oxygens (including phenoxy) is 1. The van der Waals surface area contributed by atoms with Gasteiger partial charge in [-0.05, 0) is 42.1 Å². The molecule has 7 aromatic rings. The third-order valence-electron chi connectivity index (χ3n) is 7.82. The van der Waals surface area contributed by atoms with E-state index in [1.54, 1.807) is 6.07 Å². The Hall–Kier alpha value is -4.70. The maximum atomic E-state index is 15.7. The van der Waals surface area contributed by atoms with Crippen molar-refractivity contribution in [2.75, 3.05) is 0 Å².